The molecule has 0 saturated carbocycles. The summed E-state index contributed by atoms with van der Waals surface area (Å²) >= 11 is 0. The van der Waals surface area contributed by atoms with Crippen molar-refractivity contribution in [3.63, 3.8) is 0 Å². The van der Waals surface area contributed by atoms with Gasteiger partial charge in [-0.1, -0.05) is 36.4 Å². The minimum absolute atomic E-state index is 0.141. The number of aromatic nitrogens is 4. The zero-order chi connectivity index (χ0) is 28.2. The second-order valence-electron chi connectivity index (χ2n) is 8.66. The average Bonchev–Trinajstić information content (AvgIpc) is 2.94. The molecule has 0 fully saturated rings. The largest absolute Gasteiger partial charge is 0.488 e. The molecule has 2 N–H and O–H groups in total. The van der Waals surface area contributed by atoms with E-state index in [9.17, 15) is 28.0 Å². The lowest BCUT2D eigenvalue weighted by atomic mass is 10.2. The highest BCUT2D eigenvalue weighted by molar-refractivity contribution is 5.33. The van der Waals surface area contributed by atoms with Crippen LogP contribution in [0.15, 0.2) is 80.1 Å². The van der Waals surface area contributed by atoms with E-state index in [-0.39, 0.29) is 26.4 Å². The lowest BCUT2D eigenvalue weighted by molar-refractivity contribution is -0.0535. The maximum absolute atomic E-state index is 14.1. The van der Waals surface area contributed by atoms with Gasteiger partial charge in [-0.2, -0.15) is 8.78 Å². The van der Waals surface area contributed by atoms with Crippen LogP contribution in [-0.4, -0.2) is 32.3 Å². The van der Waals surface area contributed by atoms with Crippen molar-refractivity contribution >= 4 is 0 Å². The number of benzene rings is 2. The topological polar surface area (TPSA) is 147 Å². The van der Waals surface area contributed by atoms with Crippen LogP contribution in [0.4, 0.5) is 8.78 Å². The molecule has 5 rings (SSSR count). The van der Waals surface area contributed by atoms with Crippen LogP contribution in [0.5, 0.6) is 11.5 Å². The Kier molecular flexibility index (Phi) is 7.70. The van der Waals surface area contributed by atoms with Crippen molar-refractivity contribution in [2.75, 3.05) is 13.2 Å². The van der Waals surface area contributed by atoms with E-state index in [0.717, 1.165) is 21.5 Å². The molecule has 2 aromatic carbocycles. The first-order valence-electron chi connectivity index (χ1n) is 12.0. The molecule has 208 valence electrons. The molecule has 3 heterocycles. The van der Waals surface area contributed by atoms with Crippen molar-refractivity contribution < 1.29 is 27.7 Å². The number of aromatic amines is 2. The molecular weight excluding hydrogens is 534 g/mol. The van der Waals surface area contributed by atoms with Gasteiger partial charge in [-0.25, -0.2) is 9.59 Å². The molecule has 0 spiro atoms. The molecule has 1 aliphatic rings. The summed E-state index contributed by atoms with van der Waals surface area (Å²) in [6.07, 6.45) is -0.860. The predicted molar refractivity (Wildman–Crippen MR) is 134 cm³/mol. The number of rotatable bonds is 2. The van der Waals surface area contributed by atoms with Gasteiger partial charge >= 0.3 is 11.4 Å². The first-order valence-corrected chi connectivity index (χ1v) is 12.0. The highest BCUT2D eigenvalue weighted by Crippen LogP contribution is 2.26. The number of nitrogens with one attached hydrogen (secondary N) is 2. The SMILES string of the molecule is O=c1[nH]c(=O)n(C2COc3ccccc3COC(n3cc(F)c(=O)[nH]c3=O)COc3ccccc3CO2)cc1F. The first-order chi connectivity index (χ1) is 19.3. The number of hydrogen-bond acceptors (Lipinski definition) is 8. The van der Waals surface area contributed by atoms with Crippen LogP contribution < -0.4 is 32.0 Å². The van der Waals surface area contributed by atoms with Gasteiger partial charge in [-0.3, -0.25) is 28.7 Å². The summed E-state index contributed by atoms with van der Waals surface area (Å²) in [7, 11) is 0. The molecule has 0 saturated heterocycles. The van der Waals surface area contributed by atoms with Gasteiger partial charge in [0.1, 0.15) is 24.7 Å². The number of hydrogen-bond donors (Lipinski definition) is 2. The van der Waals surface area contributed by atoms with Gasteiger partial charge < -0.3 is 18.9 Å². The summed E-state index contributed by atoms with van der Waals surface area (Å²) < 4.78 is 53.7. The van der Waals surface area contributed by atoms with Gasteiger partial charge in [0.25, 0.3) is 11.1 Å². The first kappa shape index (κ1) is 26.8. The summed E-state index contributed by atoms with van der Waals surface area (Å²) in [4.78, 5) is 51.9. The zero-order valence-corrected chi connectivity index (χ0v) is 20.7. The Morgan fingerprint density at radius 3 is 1.48 bits per heavy atom. The summed E-state index contributed by atoms with van der Waals surface area (Å²) in [5.74, 6) is -1.74. The number of fused-ring (bicyclic) bond motifs is 2. The third kappa shape index (κ3) is 5.77. The maximum atomic E-state index is 14.1. The molecule has 40 heavy (non-hydrogen) atoms. The van der Waals surface area contributed by atoms with Crippen molar-refractivity contribution in [2.45, 2.75) is 25.7 Å². The quantitative estimate of drug-likeness (QED) is 0.378. The van der Waals surface area contributed by atoms with Gasteiger partial charge in [0, 0.05) is 11.1 Å². The summed E-state index contributed by atoms with van der Waals surface area (Å²) in [5.41, 5.74) is -3.13. The number of halogens is 2. The predicted octanol–water partition coefficient (Wildman–Crippen LogP) is 1.57. The van der Waals surface area contributed by atoms with E-state index in [1.807, 2.05) is 9.97 Å². The average molecular weight is 556 g/mol. The lowest BCUT2D eigenvalue weighted by Crippen LogP contribution is -2.37. The van der Waals surface area contributed by atoms with Crippen LogP contribution in [-0.2, 0) is 22.7 Å². The van der Waals surface area contributed by atoms with Gasteiger partial charge in [0.2, 0.25) is 11.6 Å². The molecule has 0 amide bonds. The fraction of sp³-hybridized carbons (Fsp3) is 0.231. The van der Waals surface area contributed by atoms with Crippen molar-refractivity contribution in [2.24, 2.45) is 0 Å². The summed E-state index contributed by atoms with van der Waals surface area (Å²) in [6, 6.07) is 13.4. The monoisotopic (exact) mass is 556 g/mol. The van der Waals surface area contributed by atoms with Crippen LogP contribution in [0.25, 0.3) is 0 Å². The summed E-state index contributed by atoms with van der Waals surface area (Å²) in [6.45, 7) is -0.839. The number of ether oxygens (including phenoxy) is 4. The maximum Gasteiger partial charge on any atom is 0.330 e. The highest BCUT2D eigenvalue weighted by atomic mass is 19.1. The van der Waals surface area contributed by atoms with Crippen LogP contribution in [0.2, 0.25) is 0 Å². The van der Waals surface area contributed by atoms with Gasteiger partial charge in [-0.15, -0.1) is 0 Å². The van der Waals surface area contributed by atoms with Gasteiger partial charge in [-0.05, 0) is 12.1 Å². The van der Waals surface area contributed by atoms with E-state index >= 15 is 0 Å². The fourth-order valence-electron chi connectivity index (χ4n) is 3.99. The number of nitrogens with zero attached hydrogens (tertiary/aromatic N) is 2. The molecule has 2 atom stereocenters. The second-order valence-corrected chi connectivity index (χ2v) is 8.66. The van der Waals surface area contributed by atoms with E-state index < -0.39 is 46.6 Å². The fourth-order valence-corrected chi connectivity index (χ4v) is 3.99. The van der Waals surface area contributed by atoms with Crippen LogP contribution in [0.3, 0.4) is 0 Å². The van der Waals surface area contributed by atoms with E-state index in [4.69, 9.17) is 18.9 Å². The molecule has 0 radical (unpaired) electrons. The molecule has 14 heteroatoms. The Hall–Kier alpha value is -4.82. The van der Waals surface area contributed by atoms with Crippen molar-refractivity contribution in [1.29, 1.82) is 0 Å². The Morgan fingerprint density at radius 1 is 0.650 bits per heavy atom. The van der Waals surface area contributed by atoms with E-state index in [2.05, 4.69) is 0 Å². The van der Waals surface area contributed by atoms with Crippen LogP contribution >= 0.6 is 0 Å². The molecule has 2 aromatic heterocycles. The number of para-hydroxylation sites is 2. The zero-order valence-electron chi connectivity index (χ0n) is 20.7. The molecule has 12 nitrogen and oxygen atoms in total. The Labute approximate surface area is 223 Å². The lowest BCUT2D eigenvalue weighted by Gasteiger charge is -2.25. The van der Waals surface area contributed by atoms with E-state index in [1.165, 1.54) is 0 Å². The highest BCUT2D eigenvalue weighted by Gasteiger charge is 2.22. The van der Waals surface area contributed by atoms with E-state index in [0.29, 0.717) is 22.6 Å². The van der Waals surface area contributed by atoms with Crippen molar-refractivity contribution in [3.05, 3.63) is 125 Å². The van der Waals surface area contributed by atoms with Crippen molar-refractivity contribution in [1.82, 2.24) is 19.1 Å². The molecule has 1 aliphatic heterocycles. The Morgan fingerprint density at radius 2 is 1.05 bits per heavy atom. The summed E-state index contributed by atoms with van der Waals surface area (Å²) in [5, 5.41) is 0. The Balaban J connectivity index is 1.53. The van der Waals surface area contributed by atoms with Gasteiger partial charge in [0.15, 0.2) is 12.5 Å². The minimum Gasteiger partial charge on any atom is -0.488 e. The third-order valence-corrected chi connectivity index (χ3v) is 6.04. The molecule has 0 aliphatic carbocycles. The third-order valence-electron chi connectivity index (χ3n) is 6.04. The number of H-pyrrole nitrogens is 2. The molecule has 0 bridgehead atoms. The standard InChI is InChI=1S/C26H22F2N4O8/c27-17-9-31(25(35)29-23(17)33)21-14-38-20-8-4-2-6-16(20)12-40-22(32-10-18(28)24(34)30-26(32)36)13-37-19-7-3-1-5-15(19)11-39-21/h1-10,21-22H,11-14H2,(H,29,33,35)(H,30,34,36). The molecule has 4 aromatic rings. The smallest absolute Gasteiger partial charge is 0.330 e. The van der Waals surface area contributed by atoms with Gasteiger partial charge in [0.05, 0.1) is 25.6 Å². The molecule has 2 unspecified atom stereocenters. The second kappa shape index (κ2) is 11.5. The van der Waals surface area contributed by atoms with Crippen LogP contribution in [0.1, 0.15) is 23.6 Å². The van der Waals surface area contributed by atoms with Crippen molar-refractivity contribution in [3.8, 4) is 11.5 Å². The van der Waals surface area contributed by atoms with Crippen LogP contribution in [0, 0.1) is 11.6 Å². The van der Waals surface area contributed by atoms with E-state index in [1.54, 1.807) is 48.5 Å². The Bertz CT molecular complexity index is 1580. The minimum atomic E-state index is -1.18. The molecular formula is C26H22F2N4O8. The normalized spacial score (nSPS) is 17.9.